The van der Waals surface area contributed by atoms with Crippen LogP contribution in [0.3, 0.4) is 0 Å². The van der Waals surface area contributed by atoms with E-state index in [1.807, 2.05) is 0 Å². The van der Waals surface area contributed by atoms with E-state index in [2.05, 4.69) is 0 Å². The van der Waals surface area contributed by atoms with Gasteiger partial charge in [0.05, 0.1) is 11.6 Å². The fraction of sp³-hybridized carbons (Fsp3) is 0.143. The van der Waals surface area contributed by atoms with Gasteiger partial charge in [-0.3, -0.25) is 0 Å². The van der Waals surface area contributed by atoms with E-state index in [4.69, 9.17) is 33.4 Å². The van der Waals surface area contributed by atoms with Crippen molar-refractivity contribution >= 4 is 23.2 Å². The molecule has 0 spiro atoms. The largest absolute Gasteiger partial charge is 0.506 e. The van der Waals surface area contributed by atoms with Gasteiger partial charge in [0, 0.05) is 10.6 Å². The van der Waals surface area contributed by atoms with E-state index in [-0.39, 0.29) is 17.4 Å². The Labute approximate surface area is 74.0 Å². The van der Waals surface area contributed by atoms with Gasteiger partial charge in [-0.2, -0.15) is 0 Å². The van der Waals surface area contributed by atoms with Crippen molar-refractivity contribution in [2.75, 3.05) is 0 Å². The molecule has 0 amide bonds. The van der Waals surface area contributed by atoms with Crippen LogP contribution in [-0.4, -0.2) is 10.2 Å². The van der Waals surface area contributed by atoms with Crippen LogP contribution in [0.4, 0.5) is 0 Å². The average molecular weight is 193 g/mol. The van der Waals surface area contributed by atoms with Gasteiger partial charge in [-0.1, -0.05) is 23.2 Å². The zero-order chi connectivity index (χ0) is 8.43. The molecule has 0 saturated heterocycles. The zero-order valence-electron chi connectivity index (χ0n) is 5.51. The maximum atomic E-state index is 9.05. The third kappa shape index (κ3) is 1.59. The molecular weight excluding hydrogens is 187 g/mol. The number of hydrogen-bond acceptors (Lipinski definition) is 2. The van der Waals surface area contributed by atoms with Gasteiger partial charge in [0.2, 0.25) is 0 Å². The highest BCUT2D eigenvalue weighted by Gasteiger charge is 2.07. The molecule has 0 fully saturated rings. The van der Waals surface area contributed by atoms with Crippen molar-refractivity contribution in [3.8, 4) is 5.75 Å². The first-order chi connectivity index (χ1) is 5.16. The van der Waals surface area contributed by atoms with Crippen molar-refractivity contribution in [1.29, 1.82) is 0 Å². The van der Waals surface area contributed by atoms with E-state index >= 15 is 0 Å². The lowest BCUT2D eigenvalue weighted by molar-refractivity contribution is 0.281. The quantitative estimate of drug-likeness (QED) is 0.717. The van der Waals surface area contributed by atoms with Gasteiger partial charge in [-0.05, 0) is 12.1 Å². The summed E-state index contributed by atoms with van der Waals surface area (Å²) in [5.41, 5.74) is 0.355. The summed E-state index contributed by atoms with van der Waals surface area (Å²) >= 11 is 11.3. The Bertz CT molecular complexity index is 273. The summed E-state index contributed by atoms with van der Waals surface area (Å²) in [4.78, 5) is 0. The molecule has 0 aliphatic carbocycles. The monoisotopic (exact) mass is 192 g/mol. The highest BCUT2D eigenvalue weighted by molar-refractivity contribution is 6.36. The van der Waals surface area contributed by atoms with Crippen LogP contribution in [0.25, 0.3) is 0 Å². The molecule has 11 heavy (non-hydrogen) atoms. The molecule has 0 saturated carbocycles. The Morgan fingerprint density at radius 1 is 1.27 bits per heavy atom. The van der Waals surface area contributed by atoms with Gasteiger partial charge in [0.1, 0.15) is 5.75 Å². The van der Waals surface area contributed by atoms with Crippen molar-refractivity contribution in [3.63, 3.8) is 0 Å². The Hall–Kier alpha value is -0.440. The van der Waals surface area contributed by atoms with E-state index in [1.54, 1.807) is 0 Å². The number of aliphatic hydroxyl groups is 1. The lowest BCUT2D eigenvalue weighted by atomic mass is 10.2. The Morgan fingerprint density at radius 3 is 2.36 bits per heavy atom. The molecule has 4 heteroatoms. The summed E-state index contributed by atoms with van der Waals surface area (Å²) in [5.74, 6) is -0.0693. The highest BCUT2D eigenvalue weighted by Crippen LogP contribution is 2.31. The first-order valence-electron chi connectivity index (χ1n) is 2.93. The minimum Gasteiger partial charge on any atom is -0.506 e. The Balaban J connectivity index is 3.29. The number of aliphatic hydroxyl groups excluding tert-OH is 1. The van der Waals surface area contributed by atoms with Crippen molar-refractivity contribution in [2.24, 2.45) is 0 Å². The van der Waals surface area contributed by atoms with Crippen LogP contribution in [0, 0.1) is 0 Å². The molecule has 0 atom stereocenters. The van der Waals surface area contributed by atoms with Crippen LogP contribution in [-0.2, 0) is 6.61 Å². The summed E-state index contributed by atoms with van der Waals surface area (Å²) in [6, 6.07) is 2.86. The number of hydrogen-bond donors (Lipinski definition) is 2. The molecule has 1 aromatic carbocycles. The summed E-state index contributed by atoms with van der Waals surface area (Å²) in [6.07, 6.45) is 0. The van der Waals surface area contributed by atoms with Crippen LogP contribution in [0.15, 0.2) is 12.1 Å². The van der Waals surface area contributed by atoms with E-state index in [0.29, 0.717) is 10.6 Å². The summed E-state index contributed by atoms with van der Waals surface area (Å²) in [7, 11) is 0. The molecule has 2 N–H and O–H groups in total. The molecule has 2 nitrogen and oxygen atoms in total. The predicted octanol–water partition coefficient (Wildman–Crippen LogP) is 2.19. The second kappa shape index (κ2) is 3.30. The smallest absolute Gasteiger partial charge is 0.134 e. The maximum Gasteiger partial charge on any atom is 0.134 e. The molecule has 1 aromatic rings. The molecule has 0 aromatic heterocycles. The second-order valence-electron chi connectivity index (χ2n) is 2.02. The number of phenols is 1. The van der Waals surface area contributed by atoms with Crippen molar-refractivity contribution in [3.05, 3.63) is 27.7 Å². The van der Waals surface area contributed by atoms with Gasteiger partial charge in [-0.15, -0.1) is 0 Å². The summed E-state index contributed by atoms with van der Waals surface area (Å²) in [6.45, 7) is -0.272. The van der Waals surface area contributed by atoms with Crippen molar-refractivity contribution in [1.82, 2.24) is 0 Å². The maximum absolute atomic E-state index is 9.05. The number of aromatic hydroxyl groups is 1. The molecule has 0 bridgehead atoms. The molecule has 0 heterocycles. The first kappa shape index (κ1) is 8.65. The van der Waals surface area contributed by atoms with Gasteiger partial charge in [0.15, 0.2) is 0 Å². The summed E-state index contributed by atoms with van der Waals surface area (Å²) in [5, 5.41) is 18.3. The molecule has 0 aliphatic rings. The van der Waals surface area contributed by atoms with Crippen molar-refractivity contribution in [2.45, 2.75) is 6.61 Å². The summed E-state index contributed by atoms with van der Waals surface area (Å²) < 4.78 is 0. The van der Waals surface area contributed by atoms with Crippen molar-refractivity contribution < 1.29 is 10.2 Å². The first-order valence-corrected chi connectivity index (χ1v) is 3.69. The van der Waals surface area contributed by atoms with E-state index in [9.17, 15) is 0 Å². The average Bonchev–Trinajstić information content (AvgIpc) is 1.99. The highest BCUT2D eigenvalue weighted by atomic mass is 35.5. The zero-order valence-corrected chi connectivity index (χ0v) is 7.02. The number of halogens is 2. The fourth-order valence-electron chi connectivity index (χ4n) is 0.730. The minimum absolute atomic E-state index is 0.0693. The Morgan fingerprint density at radius 2 is 1.91 bits per heavy atom. The molecule has 60 valence electrons. The lowest BCUT2D eigenvalue weighted by Gasteiger charge is -2.03. The SMILES string of the molecule is OCc1c(Cl)ccc(O)c1Cl. The van der Waals surface area contributed by atoms with Crippen LogP contribution in [0.2, 0.25) is 10.0 Å². The molecular formula is C7H6Cl2O2. The Kier molecular flexibility index (Phi) is 2.60. The standard InChI is InChI=1S/C7H6Cl2O2/c8-5-1-2-6(11)7(9)4(5)3-10/h1-2,10-11H,3H2. The number of rotatable bonds is 1. The van der Waals surface area contributed by atoms with Gasteiger partial charge in [-0.25, -0.2) is 0 Å². The van der Waals surface area contributed by atoms with Crippen LogP contribution >= 0.6 is 23.2 Å². The molecule has 0 unspecified atom stereocenters. The van der Waals surface area contributed by atoms with E-state index in [0.717, 1.165) is 0 Å². The number of benzene rings is 1. The van der Waals surface area contributed by atoms with E-state index in [1.165, 1.54) is 12.1 Å². The van der Waals surface area contributed by atoms with E-state index < -0.39 is 0 Å². The predicted molar refractivity (Wildman–Crippen MR) is 44.0 cm³/mol. The van der Waals surface area contributed by atoms with Gasteiger partial charge in [0.25, 0.3) is 0 Å². The topological polar surface area (TPSA) is 40.5 Å². The van der Waals surface area contributed by atoms with Crippen LogP contribution in [0.5, 0.6) is 5.75 Å². The third-order valence-corrected chi connectivity index (χ3v) is 2.10. The van der Waals surface area contributed by atoms with Crippen LogP contribution in [0.1, 0.15) is 5.56 Å². The second-order valence-corrected chi connectivity index (χ2v) is 2.80. The normalized spacial score (nSPS) is 10.1. The fourth-order valence-corrected chi connectivity index (χ4v) is 1.22. The lowest BCUT2D eigenvalue weighted by Crippen LogP contribution is -1.86. The van der Waals surface area contributed by atoms with Gasteiger partial charge < -0.3 is 10.2 Å². The molecule has 1 rings (SSSR count). The number of phenolic OH excluding ortho intramolecular Hbond substituents is 1. The third-order valence-electron chi connectivity index (χ3n) is 1.32. The van der Waals surface area contributed by atoms with Crippen LogP contribution < -0.4 is 0 Å². The minimum atomic E-state index is -0.272. The molecule has 0 radical (unpaired) electrons. The van der Waals surface area contributed by atoms with Gasteiger partial charge >= 0.3 is 0 Å². The molecule has 0 aliphatic heterocycles.